The number of hydrogen-bond acceptors (Lipinski definition) is 7. The summed E-state index contributed by atoms with van der Waals surface area (Å²) in [6.45, 7) is 3.71. The van der Waals surface area contributed by atoms with Crippen molar-refractivity contribution in [1.82, 2.24) is 9.97 Å². The highest BCUT2D eigenvalue weighted by Gasteiger charge is 2.22. The molecule has 180 valence electrons. The standard InChI is InChI=1S/C22H28FN3O6S/c1-13(2)20-18(10-9-16(27)11-17(28)12-19(29)30)21(14-5-7-15(23)8-6-14)25-22(24-20)26(3)33(4,31)32/h5-10,13,16-17,27-28H,11-12H2,1-4H3,(H,29,30)/b10-9+/t16-,17+/m1/s1. The molecule has 3 N–H and O–H groups in total. The summed E-state index contributed by atoms with van der Waals surface area (Å²) in [7, 11) is -2.33. The Labute approximate surface area is 192 Å². The van der Waals surface area contributed by atoms with Crippen molar-refractivity contribution in [3.63, 3.8) is 0 Å². The predicted octanol–water partition coefficient (Wildman–Crippen LogP) is 2.40. The Bertz CT molecular complexity index is 1120. The van der Waals surface area contributed by atoms with E-state index in [1.54, 1.807) is 0 Å². The lowest BCUT2D eigenvalue weighted by molar-refractivity contribution is -0.139. The van der Waals surface area contributed by atoms with E-state index in [4.69, 9.17) is 5.11 Å². The Morgan fingerprint density at radius 2 is 1.79 bits per heavy atom. The Kier molecular flexibility index (Phi) is 8.64. The van der Waals surface area contributed by atoms with Crippen LogP contribution in [0.15, 0.2) is 30.3 Å². The lowest BCUT2D eigenvalue weighted by Gasteiger charge is -2.20. The van der Waals surface area contributed by atoms with E-state index in [0.29, 0.717) is 22.5 Å². The highest BCUT2D eigenvalue weighted by Crippen LogP contribution is 2.31. The number of anilines is 1. The van der Waals surface area contributed by atoms with Crippen LogP contribution in [0.3, 0.4) is 0 Å². The maximum atomic E-state index is 13.5. The fourth-order valence-corrected chi connectivity index (χ4v) is 3.42. The largest absolute Gasteiger partial charge is 0.481 e. The van der Waals surface area contributed by atoms with Crippen LogP contribution in [0.5, 0.6) is 0 Å². The summed E-state index contributed by atoms with van der Waals surface area (Å²) in [4.78, 5) is 19.6. The van der Waals surface area contributed by atoms with Crippen molar-refractivity contribution in [2.75, 3.05) is 17.6 Å². The maximum Gasteiger partial charge on any atom is 0.305 e. The van der Waals surface area contributed by atoms with E-state index in [-0.39, 0.29) is 18.3 Å². The average Bonchev–Trinajstić information content (AvgIpc) is 2.70. The highest BCUT2D eigenvalue weighted by atomic mass is 32.2. The van der Waals surface area contributed by atoms with Crippen LogP contribution in [0.1, 0.15) is 43.9 Å². The fraction of sp³-hybridized carbons (Fsp3) is 0.409. The zero-order chi connectivity index (χ0) is 24.9. The van der Waals surface area contributed by atoms with Gasteiger partial charge in [0.15, 0.2) is 0 Å². The van der Waals surface area contributed by atoms with Gasteiger partial charge in [0.05, 0.1) is 36.3 Å². The summed E-state index contributed by atoms with van der Waals surface area (Å²) in [6, 6.07) is 5.49. The molecule has 0 radical (unpaired) electrons. The number of aliphatic carboxylic acids is 1. The molecule has 0 saturated carbocycles. The van der Waals surface area contributed by atoms with E-state index < -0.39 is 40.4 Å². The van der Waals surface area contributed by atoms with Gasteiger partial charge in [0.1, 0.15) is 5.82 Å². The van der Waals surface area contributed by atoms with Gasteiger partial charge in [0.25, 0.3) is 0 Å². The quantitative estimate of drug-likeness (QED) is 0.470. The first kappa shape index (κ1) is 26.4. The zero-order valence-corrected chi connectivity index (χ0v) is 19.6. The smallest absolute Gasteiger partial charge is 0.305 e. The summed E-state index contributed by atoms with van der Waals surface area (Å²) in [5.41, 5.74) is 1.80. The molecular weight excluding hydrogens is 453 g/mol. The first-order valence-electron chi connectivity index (χ1n) is 10.2. The minimum Gasteiger partial charge on any atom is -0.481 e. The van der Waals surface area contributed by atoms with Gasteiger partial charge in [-0.2, -0.15) is 0 Å². The molecule has 1 aromatic carbocycles. The lowest BCUT2D eigenvalue weighted by atomic mass is 9.97. The number of hydrogen-bond donors (Lipinski definition) is 3. The highest BCUT2D eigenvalue weighted by molar-refractivity contribution is 7.92. The van der Waals surface area contributed by atoms with Crippen molar-refractivity contribution in [2.24, 2.45) is 0 Å². The first-order valence-corrected chi connectivity index (χ1v) is 12.0. The molecular formula is C22H28FN3O6S. The number of nitrogens with zero attached hydrogens (tertiary/aromatic N) is 3. The molecule has 0 saturated heterocycles. The van der Waals surface area contributed by atoms with E-state index in [2.05, 4.69) is 9.97 Å². The van der Waals surface area contributed by atoms with E-state index in [0.717, 1.165) is 10.6 Å². The van der Waals surface area contributed by atoms with Crippen LogP contribution in [0.25, 0.3) is 17.3 Å². The number of halogens is 1. The number of aromatic nitrogens is 2. The van der Waals surface area contributed by atoms with Crippen molar-refractivity contribution < 1.29 is 32.9 Å². The van der Waals surface area contributed by atoms with Crippen LogP contribution >= 0.6 is 0 Å². The predicted molar refractivity (Wildman–Crippen MR) is 123 cm³/mol. The summed E-state index contributed by atoms with van der Waals surface area (Å²) in [6.07, 6.45) is 0.860. The Balaban J connectivity index is 2.61. The van der Waals surface area contributed by atoms with Crippen molar-refractivity contribution in [1.29, 1.82) is 0 Å². The average molecular weight is 482 g/mol. The second-order valence-corrected chi connectivity index (χ2v) is 9.99. The molecule has 0 fully saturated rings. The molecule has 0 aliphatic carbocycles. The van der Waals surface area contributed by atoms with E-state index in [1.807, 2.05) is 13.8 Å². The minimum absolute atomic E-state index is 0.0601. The van der Waals surface area contributed by atoms with Crippen LogP contribution in [0.4, 0.5) is 10.3 Å². The Hall–Kier alpha value is -2.89. The molecule has 0 bridgehead atoms. The topological polar surface area (TPSA) is 141 Å². The normalized spacial score (nSPS) is 13.9. The molecule has 9 nitrogen and oxygen atoms in total. The molecule has 0 unspecified atom stereocenters. The molecule has 1 heterocycles. The number of aliphatic hydroxyl groups is 2. The summed E-state index contributed by atoms with van der Waals surface area (Å²) in [5.74, 6) is -1.87. The molecule has 2 rings (SSSR count). The molecule has 11 heteroatoms. The van der Waals surface area contributed by atoms with Crippen molar-refractivity contribution in [3.05, 3.63) is 47.4 Å². The van der Waals surface area contributed by atoms with Crippen molar-refractivity contribution in [2.45, 2.75) is 44.8 Å². The van der Waals surface area contributed by atoms with Crippen LogP contribution in [-0.2, 0) is 14.8 Å². The third-order valence-corrected chi connectivity index (χ3v) is 5.97. The summed E-state index contributed by atoms with van der Waals surface area (Å²) >= 11 is 0. The maximum absolute atomic E-state index is 13.5. The molecule has 1 aromatic heterocycles. The van der Waals surface area contributed by atoms with Gasteiger partial charge in [-0.05, 0) is 30.2 Å². The van der Waals surface area contributed by atoms with Gasteiger partial charge >= 0.3 is 5.97 Å². The Morgan fingerprint density at radius 1 is 1.18 bits per heavy atom. The first-order chi connectivity index (χ1) is 15.3. The number of carboxylic acid groups (broad SMARTS) is 1. The number of carbonyl (C=O) groups is 1. The molecule has 0 aliphatic heterocycles. The van der Waals surface area contributed by atoms with E-state index in [1.165, 1.54) is 43.5 Å². The SMILES string of the molecule is CC(C)c1nc(N(C)S(C)(=O)=O)nc(-c2ccc(F)cc2)c1/C=C/[C@@H](O)C[C@H](O)CC(=O)O. The molecule has 0 aliphatic rings. The van der Waals surface area contributed by atoms with Crippen molar-refractivity contribution >= 4 is 28.0 Å². The van der Waals surface area contributed by atoms with E-state index in [9.17, 15) is 27.8 Å². The summed E-state index contributed by atoms with van der Waals surface area (Å²) in [5, 5.41) is 28.8. The monoisotopic (exact) mass is 481 g/mol. The van der Waals surface area contributed by atoms with Crippen molar-refractivity contribution in [3.8, 4) is 11.3 Å². The van der Waals surface area contributed by atoms with Gasteiger partial charge in [-0.15, -0.1) is 0 Å². The molecule has 0 spiro atoms. The van der Waals surface area contributed by atoms with Crippen LogP contribution < -0.4 is 4.31 Å². The molecule has 33 heavy (non-hydrogen) atoms. The number of sulfonamides is 1. The van der Waals surface area contributed by atoms with Gasteiger partial charge in [-0.3, -0.25) is 4.79 Å². The number of benzene rings is 1. The van der Waals surface area contributed by atoms with Gasteiger partial charge in [-0.25, -0.2) is 27.1 Å². The number of rotatable bonds is 10. The van der Waals surface area contributed by atoms with Gasteiger partial charge < -0.3 is 15.3 Å². The third-order valence-electron chi connectivity index (χ3n) is 4.82. The fourth-order valence-electron chi connectivity index (χ4n) is 3.05. The summed E-state index contributed by atoms with van der Waals surface area (Å²) < 4.78 is 38.6. The molecule has 2 aromatic rings. The minimum atomic E-state index is -3.65. The Morgan fingerprint density at radius 3 is 2.30 bits per heavy atom. The lowest BCUT2D eigenvalue weighted by Crippen LogP contribution is -2.27. The van der Waals surface area contributed by atoms with Crippen LogP contribution in [0.2, 0.25) is 0 Å². The van der Waals surface area contributed by atoms with Gasteiger partial charge in [-0.1, -0.05) is 26.0 Å². The molecule has 0 amide bonds. The second kappa shape index (κ2) is 10.8. The van der Waals surface area contributed by atoms with Gasteiger partial charge in [0, 0.05) is 24.6 Å². The molecule has 2 atom stereocenters. The van der Waals surface area contributed by atoms with Crippen LogP contribution in [-0.4, -0.2) is 65.2 Å². The van der Waals surface area contributed by atoms with Gasteiger partial charge in [0.2, 0.25) is 16.0 Å². The third kappa shape index (κ3) is 7.31. The number of carboxylic acids is 1. The zero-order valence-electron chi connectivity index (χ0n) is 18.8. The van der Waals surface area contributed by atoms with Crippen LogP contribution in [0, 0.1) is 5.82 Å². The number of aliphatic hydroxyl groups excluding tert-OH is 2. The van der Waals surface area contributed by atoms with E-state index >= 15 is 0 Å². The second-order valence-electron chi connectivity index (χ2n) is 7.98.